The molecule has 1 unspecified atom stereocenters. The van der Waals surface area contributed by atoms with Crippen molar-refractivity contribution < 1.29 is 0 Å². The van der Waals surface area contributed by atoms with Crippen molar-refractivity contribution in [2.75, 3.05) is 0 Å². The maximum atomic E-state index is 4.33. The maximum absolute atomic E-state index is 4.33. The summed E-state index contributed by atoms with van der Waals surface area (Å²) < 4.78 is 1.85. The summed E-state index contributed by atoms with van der Waals surface area (Å²) in [6.45, 7) is 4.96. The molecule has 0 aliphatic carbocycles. The Morgan fingerprint density at radius 3 is 2.94 bits per heavy atom. The molecular formula is C11H17N5. The number of aromatic amines is 1. The Labute approximate surface area is 94.9 Å². The molecule has 0 aromatic carbocycles. The van der Waals surface area contributed by atoms with Gasteiger partial charge in [0.2, 0.25) is 0 Å². The Bertz CT molecular complexity index is 443. The minimum atomic E-state index is 0.289. The second-order valence-electron chi connectivity index (χ2n) is 4.03. The van der Waals surface area contributed by atoms with E-state index in [1.54, 1.807) is 6.20 Å². The van der Waals surface area contributed by atoms with Crippen molar-refractivity contribution >= 4 is 0 Å². The molecule has 0 bridgehead atoms. The van der Waals surface area contributed by atoms with Gasteiger partial charge in [-0.1, -0.05) is 0 Å². The molecule has 2 aromatic rings. The van der Waals surface area contributed by atoms with Gasteiger partial charge in [0.25, 0.3) is 0 Å². The summed E-state index contributed by atoms with van der Waals surface area (Å²) in [5, 5.41) is 14.6. The monoisotopic (exact) mass is 219 g/mol. The maximum Gasteiger partial charge on any atom is 0.0641 e. The highest BCUT2D eigenvalue weighted by atomic mass is 15.3. The van der Waals surface area contributed by atoms with Crippen LogP contribution in [-0.2, 0) is 13.6 Å². The van der Waals surface area contributed by atoms with Gasteiger partial charge in [-0.2, -0.15) is 10.2 Å². The number of hydrogen-bond donors (Lipinski definition) is 2. The minimum absolute atomic E-state index is 0.289. The molecule has 2 N–H and O–H groups in total. The van der Waals surface area contributed by atoms with Gasteiger partial charge in [0, 0.05) is 43.3 Å². The van der Waals surface area contributed by atoms with Crippen molar-refractivity contribution in [2.24, 2.45) is 7.05 Å². The van der Waals surface area contributed by atoms with Gasteiger partial charge in [-0.15, -0.1) is 0 Å². The van der Waals surface area contributed by atoms with Gasteiger partial charge >= 0.3 is 0 Å². The molecule has 0 spiro atoms. The van der Waals surface area contributed by atoms with Crippen LogP contribution >= 0.6 is 0 Å². The zero-order valence-electron chi connectivity index (χ0n) is 9.86. The van der Waals surface area contributed by atoms with E-state index >= 15 is 0 Å². The van der Waals surface area contributed by atoms with Crippen molar-refractivity contribution in [3.8, 4) is 0 Å². The average molecular weight is 219 g/mol. The first-order valence-electron chi connectivity index (χ1n) is 5.38. The van der Waals surface area contributed by atoms with Crippen molar-refractivity contribution in [2.45, 2.75) is 26.4 Å². The molecule has 16 heavy (non-hydrogen) atoms. The largest absolute Gasteiger partial charge is 0.304 e. The number of nitrogens with zero attached hydrogens (tertiary/aromatic N) is 3. The van der Waals surface area contributed by atoms with Crippen LogP contribution in [0.15, 0.2) is 18.5 Å². The van der Waals surface area contributed by atoms with Crippen LogP contribution in [0.4, 0.5) is 0 Å². The number of rotatable bonds is 4. The zero-order chi connectivity index (χ0) is 11.5. The predicted molar refractivity (Wildman–Crippen MR) is 61.8 cm³/mol. The summed E-state index contributed by atoms with van der Waals surface area (Å²) in [7, 11) is 1.94. The molecule has 5 nitrogen and oxygen atoms in total. The Kier molecular flexibility index (Phi) is 3.05. The molecular weight excluding hydrogens is 202 g/mol. The molecule has 0 radical (unpaired) electrons. The fourth-order valence-electron chi connectivity index (χ4n) is 1.80. The normalized spacial score (nSPS) is 12.9. The number of hydrogen-bond acceptors (Lipinski definition) is 3. The summed E-state index contributed by atoms with van der Waals surface area (Å²) in [5.41, 5.74) is 3.41. The lowest BCUT2D eigenvalue weighted by atomic mass is 10.1. The highest BCUT2D eigenvalue weighted by Crippen LogP contribution is 2.15. The van der Waals surface area contributed by atoms with Crippen molar-refractivity contribution in [1.29, 1.82) is 0 Å². The predicted octanol–water partition coefficient (Wildman–Crippen LogP) is 1.30. The van der Waals surface area contributed by atoms with Crippen LogP contribution in [0.5, 0.6) is 0 Å². The van der Waals surface area contributed by atoms with E-state index in [2.05, 4.69) is 33.7 Å². The molecule has 2 heterocycles. The number of nitrogens with one attached hydrogen (secondary N) is 2. The van der Waals surface area contributed by atoms with Gasteiger partial charge in [0.15, 0.2) is 0 Å². The van der Waals surface area contributed by atoms with Crippen LogP contribution in [-0.4, -0.2) is 20.0 Å². The Hall–Kier alpha value is -1.62. The van der Waals surface area contributed by atoms with Crippen molar-refractivity contribution in [1.82, 2.24) is 25.3 Å². The second-order valence-corrected chi connectivity index (χ2v) is 4.03. The topological polar surface area (TPSA) is 58.5 Å². The third-order valence-corrected chi connectivity index (χ3v) is 2.68. The summed E-state index contributed by atoms with van der Waals surface area (Å²) in [6.07, 6.45) is 3.82. The van der Waals surface area contributed by atoms with Crippen LogP contribution in [0.3, 0.4) is 0 Å². The summed E-state index contributed by atoms with van der Waals surface area (Å²) in [4.78, 5) is 0. The van der Waals surface area contributed by atoms with Gasteiger partial charge in [-0.25, -0.2) is 0 Å². The highest BCUT2D eigenvalue weighted by Gasteiger charge is 2.11. The van der Waals surface area contributed by atoms with E-state index in [0.717, 1.165) is 17.9 Å². The molecule has 0 aliphatic heterocycles. The van der Waals surface area contributed by atoms with Crippen LogP contribution < -0.4 is 5.32 Å². The van der Waals surface area contributed by atoms with E-state index < -0.39 is 0 Å². The Morgan fingerprint density at radius 1 is 1.56 bits per heavy atom. The quantitative estimate of drug-likeness (QED) is 0.815. The van der Waals surface area contributed by atoms with Crippen LogP contribution in [0.1, 0.15) is 29.9 Å². The molecule has 2 rings (SSSR count). The van der Waals surface area contributed by atoms with Gasteiger partial charge in [0.05, 0.1) is 5.69 Å². The molecule has 0 aliphatic rings. The molecule has 5 heteroatoms. The first kappa shape index (κ1) is 10.9. The second kappa shape index (κ2) is 4.49. The molecule has 2 aromatic heterocycles. The summed E-state index contributed by atoms with van der Waals surface area (Å²) >= 11 is 0. The van der Waals surface area contributed by atoms with Gasteiger partial charge in [0.1, 0.15) is 0 Å². The highest BCUT2D eigenvalue weighted by molar-refractivity contribution is 5.19. The standard InChI is InChI=1S/C11H17N5/c1-8(11-7-16(3)15-9(11)2)12-6-10-4-5-13-14-10/h4-5,7-8,12H,6H2,1-3H3,(H,13,14). The Balaban J connectivity index is 1.98. The van der Waals surface area contributed by atoms with E-state index in [4.69, 9.17) is 0 Å². The van der Waals surface area contributed by atoms with E-state index in [-0.39, 0.29) is 6.04 Å². The van der Waals surface area contributed by atoms with E-state index in [9.17, 15) is 0 Å². The summed E-state index contributed by atoms with van der Waals surface area (Å²) in [5.74, 6) is 0. The zero-order valence-corrected chi connectivity index (χ0v) is 9.86. The van der Waals surface area contributed by atoms with Gasteiger partial charge in [-0.05, 0) is 19.9 Å². The minimum Gasteiger partial charge on any atom is -0.304 e. The third-order valence-electron chi connectivity index (χ3n) is 2.68. The SMILES string of the molecule is Cc1nn(C)cc1C(C)NCc1ccn[nH]1. The lowest BCUT2D eigenvalue weighted by molar-refractivity contribution is 0.564. The number of H-pyrrole nitrogens is 1. The van der Waals surface area contributed by atoms with E-state index in [0.29, 0.717) is 0 Å². The fourth-order valence-corrected chi connectivity index (χ4v) is 1.80. The van der Waals surface area contributed by atoms with Crippen molar-refractivity contribution in [3.63, 3.8) is 0 Å². The van der Waals surface area contributed by atoms with Gasteiger partial charge < -0.3 is 5.32 Å². The first-order chi connectivity index (χ1) is 7.66. The molecule has 0 amide bonds. The molecule has 1 atom stereocenters. The molecule has 86 valence electrons. The third kappa shape index (κ3) is 2.30. The Morgan fingerprint density at radius 2 is 2.38 bits per heavy atom. The lowest BCUT2D eigenvalue weighted by Crippen LogP contribution is -2.18. The van der Waals surface area contributed by atoms with Crippen LogP contribution in [0.2, 0.25) is 0 Å². The molecule has 0 saturated carbocycles. The van der Waals surface area contributed by atoms with Gasteiger partial charge in [-0.3, -0.25) is 9.78 Å². The van der Waals surface area contributed by atoms with Crippen LogP contribution in [0, 0.1) is 6.92 Å². The molecule has 0 fully saturated rings. The lowest BCUT2D eigenvalue weighted by Gasteiger charge is -2.11. The van der Waals surface area contributed by atoms with Crippen molar-refractivity contribution in [3.05, 3.63) is 35.4 Å². The van der Waals surface area contributed by atoms with Crippen LogP contribution in [0.25, 0.3) is 0 Å². The number of aromatic nitrogens is 4. The number of aryl methyl sites for hydroxylation is 2. The summed E-state index contributed by atoms with van der Waals surface area (Å²) in [6, 6.07) is 2.26. The molecule has 0 saturated heterocycles. The van der Waals surface area contributed by atoms with E-state index in [1.165, 1.54) is 5.56 Å². The average Bonchev–Trinajstić information content (AvgIpc) is 2.84. The van der Waals surface area contributed by atoms with E-state index in [1.807, 2.05) is 24.7 Å². The fraction of sp³-hybridized carbons (Fsp3) is 0.455. The smallest absolute Gasteiger partial charge is 0.0641 e. The first-order valence-corrected chi connectivity index (χ1v) is 5.38.